The number of aromatic nitrogens is 3. The van der Waals surface area contributed by atoms with Crippen molar-refractivity contribution in [1.29, 1.82) is 0 Å². The summed E-state index contributed by atoms with van der Waals surface area (Å²) in [5.41, 5.74) is 3.20. The van der Waals surface area contributed by atoms with Gasteiger partial charge in [-0.15, -0.1) is 10.2 Å². The largest absolute Gasteiger partial charge is 0.270 e. The van der Waals surface area contributed by atoms with E-state index in [2.05, 4.69) is 51.2 Å². The number of hydrogen-bond acceptors (Lipinski definition) is 3. The zero-order chi connectivity index (χ0) is 19.2. The van der Waals surface area contributed by atoms with Crippen molar-refractivity contribution in [2.24, 2.45) is 0 Å². The van der Waals surface area contributed by atoms with Crippen LogP contribution in [0.25, 0.3) is 23.2 Å². The topological polar surface area (TPSA) is 30.7 Å². The lowest BCUT2D eigenvalue weighted by atomic mass is 10.2. The van der Waals surface area contributed by atoms with Gasteiger partial charge in [0.05, 0.1) is 0 Å². The summed E-state index contributed by atoms with van der Waals surface area (Å²) in [4.78, 5) is 0. The SMILES string of the molecule is Clc1ccc(-c2nnc(SCC=Cc3ccccc3)n2-c2ccccc2)cc1. The van der Waals surface area contributed by atoms with E-state index in [-0.39, 0.29) is 0 Å². The molecule has 0 aliphatic rings. The fourth-order valence-corrected chi connectivity index (χ4v) is 3.72. The molecule has 28 heavy (non-hydrogen) atoms. The summed E-state index contributed by atoms with van der Waals surface area (Å²) < 4.78 is 2.09. The molecule has 138 valence electrons. The lowest BCUT2D eigenvalue weighted by molar-refractivity contribution is 0.888. The molecule has 1 aromatic heterocycles. The highest BCUT2D eigenvalue weighted by atomic mass is 35.5. The second-order valence-corrected chi connectivity index (χ2v) is 7.53. The van der Waals surface area contributed by atoms with Crippen molar-refractivity contribution in [3.8, 4) is 17.1 Å². The fraction of sp³-hybridized carbons (Fsp3) is 0.0435. The summed E-state index contributed by atoms with van der Waals surface area (Å²) in [6.45, 7) is 0. The van der Waals surface area contributed by atoms with Crippen LogP contribution in [0.2, 0.25) is 5.02 Å². The minimum Gasteiger partial charge on any atom is -0.270 e. The average Bonchev–Trinajstić information content (AvgIpc) is 3.17. The first-order valence-corrected chi connectivity index (χ1v) is 10.3. The molecule has 0 fully saturated rings. The van der Waals surface area contributed by atoms with Crippen LogP contribution < -0.4 is 0 Å². The molecule has 4 aromatic rings. The Morgan fingerprint density at radius 2 is 1.50 bits per heavy atom. The van der Waals surface area contributed by atoms with Gasteiger partial charge in [-0.1, -0.05) is 84.0 Å². The predicted molar refractivity (Wildman–Crippen MR) is 118 cm³/mol. The van der Waals surface area contributed by atoms with Gasteiger partial charge < -0.3 is 0 Å². The lowest BCUT2D eigenvalue weighted by Gasteiger charge is -2.10. The molecule has 0 spiro atoms. The molecule has 0 aliphatic carbocycles. The smallest absolute Gasteiger partial charge is 0.196 e. The Hall–Kier alpha value is -2.82. The molecular weight excluding hydrogens is 386 g/mol. The Morgan fingerprint density at radius 1 is 0.821 bits per heavy atom. The molecule has 0 saturated heterocycles. The van der Waals surface area contributed by atoms with Gasteiger partial charge in [0.25, 0.3) is 0 Å². The van der Waals surface area contributed by atoms with Crippen LogP contribution in [0.15, 0.2) is 96.2 Å². The van der Waals surface area contributed by atoms with E-state index in [0.29, 0.717) is 5.02 Å². The van der Waals surface area contributed by atoms with Crippen molar-refractivity contribution in [3.63, 3.8) is 0 Å². The quantitative estimate of drug-likeness (QED) is 0.349. The fourth-order valence-electron chi connectivity index (χ4n) is 2.83. The zero-order valence-electron chi connectivity index (χ0n) is 15.1. The number of thioether (sulfide) groups is 1. The molecule has 4 rings (SSSR count). The van der Waals surface area contributed by atoms with Crippen LogP contribution in [-0.4, -0.2) is 20.5 Å². The van der Waals surface area contributed by atoms with Gasteiger partial charge in [-0.05, 0) is 42.0 Å². The molecule has 3 aromatic carbocycles. The number of rotatable bonds is 6. The summed E-state index contributed by atoms with van der Waals surface area (Å²) in [5.74, 6) is 1.61. The van der Waals surface area contributed by atoms with Crippen LogP contribution in [0.4, 0.5) is 0 Å². The van der Waals surface area contributed by atoms with Gasteiger partial charge in [-0.3, -0.25) is 4.57 Å². The number of halogens is 1. The third-order valence-electron chi connectivity index (χ3n) is 4.17. The van der Waals surface area contributed by atoms with Crippen LogP contribution in [0.1, 0.15) is 5.56 Å². The minimum absolute atomic E-state index is 0.704. The highest BCUT2D eigenvalue weighted by molar-refractivity contribution is 7.99. The molecule has 1 heterocycles. The maximum absolute atomic E-state index is 6.04. The number of hydrogen-bond donors (Lipinski definition) is 0. The van der Waals surface area contributed by atoms with E-state index in [1.54, 1.807) is 11.8 Å². The number of para-hydroxylation sites is 1. The van der Waals surface area contributed by atoms with E-state index < -0.39 is 0 Å². The van der Waals surface area contributed by atoms with E-state index in [4.69, 9.17) is 11.6 Å². The maximum Gasteiger partial charge on any atom is 0.196 e. The van der Waals surface area contributed by atoms with Gasteiger partial charge in [0.15, 0.2) is 11.0 Å². The Kier molecular flexibility index (Phi) is 5.90. The molecule has 0 amide bonds. The molecular formula is C23H18ClN3S. The molecule has 0 bridgehead atoms. The Balaban J connectivity index is 1.62. The number of benzene rings is 3. The molecule has 0 atom stereocenters. The van der Waals surface area contributed by atoms with Crippen LogP contribution >= 0.6 is 23.4 Å². The van der Waals surface area contributed by atoms with Gasteiger partial charge in [-0.2, -0.15) is 0 Å². The molecule has 0 radical (unpaired) electrons. The Bertz CT molecular complexity index is 1060. The van der Waals surface area contributed by atoms with Crippen molar-refractivity contribution in [2.45, 2.75) is 5.16 Å². The van der Waals surface area contributed by atoms with Crippen molar-refractivity contribution < 1.29 is 0 Å². The van der Waals surface area contributed by atoms with Crippen molar-refractivity contribution in [2.75, 3.05) is 5.75 Å². The zero-order valence-corrected chi connectivity index (χ0v) is 16.6. The molecule has 5 heteroatoms. The summed E-state index contributed by atoms with van der Waals surface area (Å²) in [6.07, 6.45) is 4.27. The van der Waals surface area contributed by atoms with Crippen molar-refractivity contribution in [3.05, 3.63) is 102 Å². The van der Waals surface area contributed by atoms with Crippen LogP contribution in [-0.2, 0) is 0 Å². The Morgan fingerprint density at radius 3 is 2.21 bits per heavy atom. The number of nitrogens with zero attached hydrogens (tertiary/aromatic N) is 3. The summed E-state index contributed by atoms with van der Waals surface area (Å²) in [6, 6.07) is 28.1. The average molecular weight is 404 g/mol. The first kappa shape index (κ1) is 18.5. The predicted octanol–water partition coefficient (Wildman–Crippen LogP) is 6.39. The van der Waals surface area contributed by atoms with Crippen molar-refractivity contribution >= 4 is 29.4 Å². The van der Waals surface area contributed by atoms with Crippen LogP contribution in [0.3, 0.4) is 0 Å². The van der Waals surface area contributed by atoms with Gasteiger partial charge in [0, 0.05) is 22.0 Å². The molecule has 0 unspecified atom stereocenters. The third kappa shape index (κ3) is 4.35. The van der Waals surface area contributed by atoms with Gasteiger partial charge >= 0.3 is 0 Å². The first-order chi connectivity index (χ1) is 13.8. The summed E-state index contributed by atoms with van der Waals surface area (Å²) in [7, 11) is 0. The molecule has 0 saturated carbocycles. The summed E-state index contributed by atoms with van der Waals surface area (Å²) >= 11 is 7.70. The first-order valence-electron chi connectivity index (χ1n) is 8.92. The van der Waals surface area contributed by atoms with Gasteiger partial charge in [0.2, 0.25) is 0 Å². The van der Waals surface area contributed by atoms with Crippen LogP contribution in [0.5, 0.6) is 0 Å². The maximum atomic E-state index is 6.04. The highest BCUT2D eigenvalue weighted by Gasteiger charge is 2.15. The third-order valence-corrected chi connectivity index (χ3v) is 5.30. The molecule has 3 nitrogen and oxygen atoms in total. The van der Waals surface area contributed by atoms with Crippen molar-refractivity contribution in [1.82, 2.24) is 14.8 Å². The summed E-state index contributed by atoms with van der Waals surface area (Å²) in [5, 5.41) is 10.5. The van der Waals surface area contributed by atoms with E-state index in [0.717, 1.165) is 28.0 Å². The molecule has 0 aliphatic heterocycles. The van der Waals surface area contributed by atoms with Gasteiger partial charge in [0.1, 0.15) is 0 Å². The monoisotopic (exact) mass is 403 g/mol. The van der Waals surface area contributed by atoms with Gasteiger partial charge in [-0.25, -0.2) is 0 Å². The Labute approximate surface area is 173 Å². The van der Waals surface area contributed by atoms with E-state index in [1.807, 2.05) is 60.7 Å². The standard InChI is InChI=1S/C23H18ClN3S/c24-20-15-13-19(14-16-20)22-25-26-23(27(22)21-11-5-2-6-12-21)28-17-7-10-18-8-3-1-4-9-18/h1-16H,17H2. The second-order valence-electron chi connectivity index (χ2n) is 6.11. The normalized spacial score (nSPS) is 11.2. The second kappa shape index (κ2) is 8.91. The van der Waals surface area contributed by atoms with Crippen LogP contribution in [0, 0.1) is 0 Å². The van der Waals surface area contributed by atoms with E-state index >= 15 is 0 Å². The van der Waals surface area contributed by atoms with E-state index in [1.165, 1.54) is 5.56 Å². The van der Waals surface area contributed by atoms with E-state index in [9.17, 15) is 0 Å². The highest BCUT2D eigenvalue weighted by Crippen LogP contribution is 2.28. The molecule has 0 N–H and O–H groups in total. The lowest BCUT2D eigenvalue weighted by Crippen LogP contribution is -1.99. The minimum atomic E-state index is 0.704.